The number of hydrogen-bond acceptors (Lipinski definition) is 4. The molecule has 138 valence electrons. The number of rotatable bonds is 4. The van der Waals surface area contributed by atoms with Crippen LogP contribution in [0, 0.1) is 11.8 Å². The summed E-state index contributed by atoms with van der Waals surface area (Å²) in [5.41, 5.74) is 0.518. The largest absolute Gasteiger partial charge is 0.341 e. The minimum atomic E-state index is -3.77. The summed E-state index contributed by atoms with van der Waals surface area (Å²) in [6.45, 7) is 8.19. The number of amides is 2. The first kappa shape index (κ1) is 19.4. The van der Waals surface area contributed by atoms with E-state index in [1.54, 1.807) is 4.90 Å². The first-order chi connectivity index (χ1) is 11.6. The molecule has 1 aromatic rings. The van der Waals surface area contributed by atoms with E-state index in [-0.39, 0.29) is 16.7 Å². The summed E-state index contributed by atoms with van der Waals surface area (Å²) < 4.78 is 25.6. The van der Waals surface area contributed by atoms with Gasteiger partial charge in [0.15, 0.2) is 9.84 Å². The standard InChI is InChI=1S/C18H26N2O4S/c1-12-9-13(2)11-20(10-12)18(22)14(3)25(23,24)17-7-5-16(6-8-17)19-15(4)21/h5-8,12-14H,9-11H2,1-4H3,(H,19,21). The summed E-state index contributed by atoms with van der Waals surface area (Å²) in [5, 5.41) is 1.46. The Balaban J connectivity index is 2.17. The van der Waals surface area contributed by atoms with E-state index < -0.39 is 15.1 Å². The Morgan fingerprint density at radius 1 is 1.12 bits per heavy atom. The fourth-order valence-electron chi connectivity index (χ4n) is 3.37. The zero-order valence-electron chi connectivity index (χ0n) is 15.2. The smallest absolute Gasteiger partial charge is 0.241 e. The summed E-state index contributed by atoms with van der Waals surface area (Å²) in [6.07, 6.45) is 1.05. The molecular formula is C18H26N2O4S. The van der Waals surface area contributed by atoms with Gasteiger partial charge in [-0.25, -0.2) is 8.42 Å². The normalized spacial score (nSPS) is 22.3. The number of likely N-dealkylation sites (tertiary alicyclic amines) is 1. The molecule has 0 aliphatic carbocycles. The van der Waals surface area contributed by atoms with Crippen molar-refractivity contribution in [1.82, 2.24) is 4.90 Å². The molecule has 1 heterocycles. The van der Waals surface area contributed by atoms with E-state index in [0.717, 1.165) is 6.42 Å². The lowest BCUT2D eigenvalue weighted by Crippen LogP contribution is -2.48. The van der Waals surface area contributed by atoms with Crippen LogP contribution < -0.4 is 5.32 Å². The molecule has 3 unspecified atom stereocenters. The van der Waals surface area contributed by atoms with Crippen LogP contribution in [0.15, 0.2) is 29.2 Å². The fourth-order valence-corrected chi connectivity index (χ4v) is 4.71. The summed E-state index contributed by atoms with van der Waals surface area (Å²) in [7, 11) is -3.77. The van der Waals surface area contributed by atoms with E-state index >= 15 is 0 Å². The van der Waals surface area contributed by atoms with Crippen molar-refractivity contribution in [1.29, 1.82) is 0 Å². The number of hydrogen-bond donors (Lipinski definition) is 1. The second-order valence-electron chi connectivity index (χ2n) is 7.08. The van der Waals surface area contributed by atoms with Crippen molar-refractivity contribution in [3.8, 4) is 0 Å². The second kappa shape index (κ2) is 7.56. The lowest BCUT2D eigenvalue weighted by Gasteiger charge is -2.36. The Morgan fingerprint density at radius 2 is 1.64 bits per heavy atom. The quantitative estimate of drug-likeness (QED) is 0.886. The lowest BCUT2D eigenvalue weighted by molar-refractivity contribution is -0.133. The third-order valence-electron chi connectivity index (χ3n) is 4.50. The maximum atomic E-state index is 12.8. The number of nitrogens with one attached hydrogen (secondary N) is 1. The SMILES string of the molecule is CC(=O)Nc1ccc(S(=O)(=O)C(C)C(=O)N2CC(C)CC(C)C2)cc1. The van der Waals surface area contributed by atoms with Crippen molar-refractivity contribution >= 4 is 27.3 Å². The maximum absolute atomic E-state index is 12.8. The number of piperidine rings is 1. The van der Waals surface area contributed by atoms with Gasteiger partial charge in [0.05, 0.1) is 4.90 Å². The van der Waals surface area contributed by atoms with E-state index in [1.165, 1.54) is 38.1 Å². The number of anilines is 1. The van der Waals surface area contributed by atoms with Gasteiger partial charge in [0.1, 0.15) is 5.25 Å². The average Bonchev–Trinajstić information content (AvgIpc) is 2.52. The highest BCUT2D eigenvalue weighted by Gasteiger charge is 2.35. The summed E-state index contributed by atoms with van der Waals surface area (Å²) in [6, 6.07) is 5.89. The lowest BCUT2D eigenvalue weighted by atomic mass is 9.92. The third-order valence-corrected chi connectivity index (χ3v) is 6.56. The number of nitrogens with zero attached hydrogens (tertiary/aromatic N) is 1. The number of benzene rings is 1. The molecule has 1 aliphatic rings. The van der Waals surface area contributed by atoms with Gasteiger partial charge in [0.2, 0.25) is 11.8 Å². The van der Waals surface area contributed by atoms with Crippen LogP contribution in [0.4, 0.5) is 5.69 Å². The molecule has 6 nitrogen and oxygen atoms in total. The molecule has 0 bridgehead atoms. The van der Waals surface area contributed by atoms with Crippen LogP contribution in [0.25, 0.3) is 0 Å². The van der Waals surface area contributed by atoms with Gasteiger partial charge in [-0.2, -0.15) is 0 Å². The van der Waals surface area contributed by atoms with E-state index in [2.05, 4.69) is 19.2 Å². The highest BCUT2D eigenvalue weighted by molar-refractivity contribution is 7.92. The zero-order valence-corrected chi connectivity index (χ0v) is 16.0. The third kappa shape index (κ3) is 4.60. The number of carbonyl (C=O) groups excluding carboxylic acids is 2. The first-order valence-electron chi connectivity index (χ1n) is 8.51. The van der Waals surface area contributed by atoms with E-state index in [9.17, 15) is 18.0 Å². The van der Waals surface area contributed by atoms with E-state index in [0.29, 0.717) is 30.6 Å². The summed E-state index contributed by atoms with van der Waals surface area (Å²) in [4.78, 5) is 25.5. The Labute approximate surface area is 149 Å². The topological polar surface area (TPSA) is 83.5 Å². The average molecular weight is 366 g/mol. The highest BCUT2D eigenvalue weighted by atomic mass is 32.2. The molecule has 1 aromatic carbocycles. The van der Waals surface area contributed by atoms with Gasteiger partial charge in [-0.05, 0) is 49.4 Å². The number of sulfone groups is 1. The predicted octanol–water partition coefficient (Wildman–Crippen LogP) is 2.31. The van der Waals surface area contributed by atoms with Crippen LogP contribution in [-0.4, -0.2) is 43.5 Å². The first-order valence-corrected chi connectivity index (χ1v) is 10.1. The van der Waals surface area contributed by atoms with Crippen LogP contribution in [0.3, 0.4) is 0 Å². The van der Waals surface area contributed by atoms with Gasteiger partial charge in [0.25, 0.3) is 0 Å². The van der Waals surface area contributed by atoms with E-state index in [1.807, 2.05) is 0 Å². The molecule has 3 atom stereocenters. The minimum Gasteiger partial charge on any atom is -0.341 e. The molecule has 2 rings (SSSR count). The molecule has 25 heavy (non-hydrogen) atoms. The zero-order chi connectivity index (χ0) is 18.8. The molecule has 1 fully saturated rings. The number of carbonyl (C=O) groups is 2. The van der Waals surface area contributed by atoms with Crippen molar-refractivity contribution in [3.05, 3.63) is 24.3 Å². The molecule has 0 aromatic heterocycles. The molecule has 1 saturated heterocycles. The maximum Gasteiger partial charge on any atom is 0.241 e. The molecule has 1 aliphatic heterocycles. The van der Waals surface area contributed by atoms with Crippen molar-refractivity contribution in [2.45, 2.75) is 44.3 Å². The Hall–Kier alpha value is -1.89. The van der Waals surface area contributed by atoms with Gasteiger partial charge in [0, 0.05) is 25.7 Å². The predicted molar refractivity (Wildman–Crippen MR) is 96.9 cm³/mol. The van der Waals surface area contributed by atoms with Gasteiger partial charge in [-0.1, -0.05) is 13.8 Å². The van der Waals surface area contributed by atoms with E-state index in [4.69, 9.17) is 0 Å². The van der Waals surface area contributed by atoms with Crippen LogP contribution >= 0.6 is 0 Å². The van der Waals surface area contributed by atoms with Crippen molar-refractivity contribution < 1.29 is 18.0 Å². The van der Waals surface area contributed by atoms with Crippen molar-refractivity contribution in [2.75, 3.05) is 18.4 Å². The van der Waals surface area contributed by atoms with Crippen molar-refractivity contribution in [2.24, 2.45) is 11.8 Å². The molecule has 0 saturated carbocycles. The van der Waals surface area contributed by atoms with Crippen LogP contribution in [0.1, 0.15) is 34.1 Å². The van der Waals surface area contributed by atoms with Gasteiger partial charge < -0.3 is 10.2 Å². The Bertz CT molecular complexity index is 733. The summed E-state index contributed by atoms with van der Waals surface area (Å²) in [5.74, 6) is 0.177. The van der Waals surface area contributed by atoms with Gasteiger partial charge in [-0.3, -0.25) is 9.59 Å². The molecule has 0 spiro atoms. The second-order valence-corrected chi connectivity index (χ2v) is 9.35. The van der Waals surface area contributed by atoms with Crippen LogP contribution in [-0.2, 0) is 19.4 Å². The monoisotopic (exact) mass is 366 g/mol. The van der Waals surface area contributed by atoms with Crippen LogP contribution in [0.2, 0.25) is 0 Å². The van der Waals surface area contributed by atoms with Gasteiger partial charge >= 0.3 is 0 Å². The van der Waals surface area contributed by atoms with Crippen molar-refractivity contribution in [3.63, 3.8) is 0 Å². The Morgan fingerprint density at radius 3 is 2.12 bits per heavy atom. The Kier molecular flexibility index (Phi) is 5.87. The minimum absolute atomic E-state index is 0.0839. The van der Waals surface area contributed by atoms with Crippen LogP contribution in [0.5, 0.6) is 0 Å². The molecule has 0 radical (unpaired) electrons. The molecule has 2 amide bonds. The fraction of sp³-hybridized carbons (Fsp3) is 0.556. The molecular weight excluding hydrogens is 340 g/mol. The molecule has 7 heteroatoms. The summed E-state index contributed by atoms with van der Waals surface area (Å²) >= 11 is 0. The molecule has 1 N–H and O–H groups in total. The highest BCUT2D eigenvalue weighted by Crippen LogP contribution is 2.25. The van der Waals surface area contributed by atoms with Gasteiger partial charge in [-0.15, -0.1) is 0 Å².